The Hall–Kier alpha value is -1.29. The molecule has 0 aliphatic carbocycles. The summed E-state index contributed by atoms with van der Waals surface area (Å²) in [5, 5.41) is 8.98. The highest BCUT2D eigenvalue weighted by Crippen LogP contribution is 2.11. The third-order valence-corrected chi connectivity index (χ3v) is 2.30. The van der Waals surface area contributed by atoms with Crippen molar-refractivity contribution in [1.82, 2.24) is 4.57 Å². The second-order valence-electron chi connectivity index (χ2n) is 3.41. The highest BCUT2D eigenvalue weighted by atomic mass is 16.5. The third kappa shape index (κ3) is 2.83. The number of nitrogens with zero attached hydrogens (tertiary/aromatic N) is 1. The van der Waals surface area contributed by atoms with Crippen molar-refractivity contribution in [2.24, 2.45) is 0 Å². The molecule has 0 bridgehead atoms. The zero-order valence-electron chi connectivity index (χ0n) is 9.19. The Morgan fingerprint density at radius 1 is 1.53 bits per heavy atom. The highest BCUT2D eigenvalue weighted by Gasteiger charge is 2.12. The molecule has 0 unspecified atom stereocenters. The van der Waals surface area contributed by atoms with Gasteiger partial charge in [0.2, 0.25) is 0 Å². The summed E-state index contributed by atoms with van der Waals surface area (Å²) in [6, 6.07) is 3.51. The molecule has 15 heavy (non-hydrogen) atoms. The van der Waals surface area contributed by atoms with Crippen LogP contribution in [-0.2, 0) is 17.7 Å². The largest absolute Gasteiger partial charge is 0.477 e. The number of aromatic carboxylic acids is 1. The summed E-state index contributed by atoms with van der Waals surface area (Å²) in [6.07, 6.45) is 1.68. The van der Waals surface area contributed by atoms with E-state index in [2.05, 4.69) is 0 Å². The van der Waals surface area contributed by atoms with Crippen LogP contribution in [0.15, 0.2) is 12.1 Å². The van der Waals surface area contributed by atoms with Gasteiger partial charge in [-0.3, -0.25) is 0 Å². The Kier molecular flexibility index (Phi) is 4.37. The van der Waals surface area contributed by atoms with Crippen LogP contribution in [-0.4, -0.2) is 29.4 Å². The molecule has 0 aliphatic heterocycles. The lowest BCUT2D eigenvalue weighted by Crippen LogP contribution is -2.12. The van der Waals surface area contributed by atoms with Crippen molar-refractivity contribution < 1.29 is 14.6 Å². The molecule has 1 N–H and O–H groups in total. The fourth-order valence-electron chi connectivity index (χ4n) is 1.61. The smallest absolute Gasteiger partial charge is 0.352 e. The average molecular weight is 211 g/mol. The molecule has 0 aliphatic rings. The van der Waals surface area contributed by atoms with Gasteiger partial charge in [0, 0.05) is 25.8 Å². The second kappa shape index (κ2) is 5.56. The Morgan fingerprint density at radius 3 is 2.80 bits per heavy atom. The van der Waals surface area contributed by atoms with E-state index in [1.807, 2.05) is 17.6 Å². The van der Waals surface area contributed by atoms with Crippen molar-refractivity contribution in [3.05, 3.63) is 23.5 Å². The topological polar surface area (TPSA) is 51.5 Å². The first-order valence-electron chi connectivity index (χ1n) is 5.11. The number of carboxylic acids is 1. The number of carbonyl (C=O) groups is 1. The molecule has 1 aromatic rings. The van der Waals surface area contributed by atoms with Crippen molar-refractivity contribution in [2.75, 3.05) is 13.7 Å². The lowest BCUT2D eigenvalue weighted by atomic mass is 10.3. The van der Waals surface area contributed by atoms with Crippen LogP contribution in [0.2, 0.25) is 0 Å². The van der Waals surface area contributed by atoms with Gasteiger partial charge in [-0.05, 0) is 18.6 Å². The molecule has 0 aromatic carbocycles. The van der Waals surface area contributed by atoms with E-state index in [1.54, 1.807) is 13.2 Å². The Labute approximate surface area is 89.5 Å². The van der Waals surface area contributed by atoms with E-state index in [-0.39, 0.29) is 0 Å². The molecule has 84 valence electrons. The fourth-order valence-corrected chi connectivity index (χ4v) is 1.61. The molecule has 4 heteroatoms. The van der Waals surface area contributed by atoms with Crippen molar-refractivity contribution in [2.45, 2.75) is 26.3 Å². The summed E-state index contributed by atoms with van der Waals surface area (Å²) < 4.78 is 6.84. The summed E-state index contributed by atoms with van der Waals surface area (Å²) in [4.78, 5) is 10.9. The van der Waals surface area contributed by atoms with Crippen LogP contribution in [0, 0.1) is 0 Å². The summed E-state index contributed by atoms with van der Waals surface area (Å²) in [5.41, 5.74) is 1.39. The lowest BCUT2D eigenvalue weighted by Gasteiger charge is -2.09. The average Bonchev–Trinajstić information content (AvgIpc) is 2.59. The molecule has 0 spiro atoms. The van der Waals surface area contributed by atoms with Gasteiger partial charge in [-0.15, -0.1) is 0 Å². The van der Waals surface area contributed by atoms with Gasteiger partial charge in [0.25, 0.3) is 0 Å². The number of aromatic nitrogens is 1. The molecular weight excluding hydrogens is 194 g/mol. The highest BCUT2D eigenvalue weighted by molar-refractivity contribution is 5.86. The van der Waals surface area contributed by atoms with Gasteiger partial charge in [0.15, 0.2) is 0 Å². The first kappa shape index (κ1) is 11.8. The number of rotatable bonds is 6. The van der Waals surface area contributed by atoms with Crippen molar-refractivity contribution in [1.29, 1.82) is 0 Å². The van der Waals surface area contributed by atoms with Crippen LogP contribution < -0.4 is 0 Å². The maximum atomic E-state index is 10.9. The van der Waals surface area contributed by atoms with E-state index in [9.17, 15) is 4.79 Å². The first-order chi connectivity index (χ1) is 7.20. The monoisotopic (exact) mass is 211 g/mol. The Morgan fingerprint density at radius 2 is 2.27 bits per heavy atom. The summed E-state index contributed by atoms with van der Waals surface area (Å²) in [6.45, 7) is 3.40. The molecule has 1 aromatic heterocycles. The van der Waals surface area contributed by atoms with Gasteiger partial charge >= 0.3 is 5.97 Å². The summed E-state index contributed by atoms with van der Waals surface area (Å²) in [5.74, 6) is -0.868. The number of hydrogen-bond acceptors (Lipinski definition) is 2. The van der Waals surface area contributed by atoms with Gasteiger partial charge in [0.1, 0.15) is 5.69 Å². The van der Waals surface area contributed by atoms with E-state index in [0.29, 0.717) is 12.3 Å². The molecule has 0 amide bonds. The maximum absolute atomic E-state index is 10.9. The van der Waals surface area contributed by atoms with E-state index >= 15 is 0 Å². The standard InChI is InChI=1S/C11H17NO3/c1-3-7-12-9(6-8-15-2)4-5-10(12)11(13)14/h4-5H,3,6-8H2,1-2H3,(H,13,14). The quantitative estimate of drug-likeness (QED) is 0.780. The van der Waals surface area contributed by atoms with Crippen LogP contribution in [0.25, 0.3) is 0 Å². The molecule has 0 atom stereocenters. The SMILES string of the molecule is CCCn1c(CCOC)ccc1C(=O)O. The van der Waals surface area contributed by atoms with Crippen LogP contribution in [0.1, 0.15) is 29.5 Å². The first-order valence-corrected chi connectivity index (χ1v) is 5.11. The van der Waals surface area contributed by atoms with Gasteiger partial charge in [-0.2, -0.15) is 0 Å². The minimum atomic E-state index is -0.868. The number of methoxy groups -OCH3 is 1. The molecule has 0 radical (unpaired) electrons. The zero-order chi connectivity index (χ0) is 11.3. The van der Waals surface area contributed by atoms with E-state index in [0.717, 1.165) is 25.1 Å². The van der Waals surface area contributed by atoms with Crippen molar-refractivity contribution >= 4 is 5.97 Å². The van der Waals surface area contributed by atoms with Gasteiger partial charge < -0.3 is 14.4 Å². The Bertz CT molecular complexity index is 331. The number of ether oxygens (including phenoxy) is 1. The van der Waals surface area contributed by atoms with E-state index in [1.165, 1.54) is 0 Å². The van der Waals surface area contributed by atoms with Crippen LogP contribution in [0.4, 0.5) is 0 Å². The minimum absolute atomic E-state index is 0.364. The molecule has 4 nitrogen and oxygen atoms in total. The molecule has 1 rings (SSSR count). The molecular formula is C11H17NO3. The normalized spacial score (nSPS) is 10.5. The molecule has 0 fully saturated rings. The number of hydrogen-bond donors (Lipinski definition) is 1. The van der Waals surface area contributed by atoms with Crippen molar-refractivity contribution in [3.63, 3.8) is 0 Å². The van der Waals surface area contributed by atoms with Crippen LogP contribution in [0.5, 0.6) is 0 Å². The van der Waals surface area contributed by atoms with Crippen LogP contribution >= 0.6 is 0 Å². The predicted octanol–water partition coefficient (Wildman–Crippen LogP) is 1.79. The maximum Gasteiger partial charge on any atom is 0.352 e. The zero-order valence-corrected chi connectivity index (χ0v) is 9.19. The minimum Gasteiger partial charge on any atom is -0.477 e. The second-order valence-corrected chi connectivity index (χ2v) is 3.41. The third-order valence-electron chi connectivity index (χ3n) is 2.30. The molecule has 1 heterocycles. The predicted molar refractivity (Wildman–Crippen MR) is 57.3 cm³/mol. The lowest BCUT2D eigenvalue weighted by molar-refractivity contribution is 0.0684. The van der Waals surface area contributed by atoms with Crippen molar-refractivity contribution in [3.8, 4) is 0 Å². The van der Waals surface area contributed by atoms with Gasteiger partial charge in [0.05, 0.1) is 6.61 Å². The number of carboxylic acid groups (broad SMARTS) is 1. The van der Waals surface area contributed by atoms with E-state index in [4.69, 9.17) is 9.84 Å². The van der Waals surface area contributed by atoms with Crippen LogP contribution in [0.3, 0.4) is 0 Å². The summed E-state index contributed by atoms with van der Waals surface area (Å²) in [7, 11) is 1.64. The Balaban J connectivity index is 2.90. The molecule has 0 saturated carbocycles. The van der Waals surface area contributed by atoms with E-state index < -0.39 is 5.97 Å². The summed E-state index contributed by atoms with van der Waals surface area (Å²) >= 11 is 0. The molecule has 0 saturated heterocycles. The van der Waals surface area contributed by atoms with Gasteiger partial charge in [-0.1, -0.05) is 6.92 Å². The van der Waals surface area contributed by atoms with Gasteiger partial charge in [-0.25, -0.2) is 4.79 Å². The fraction of sp³-hybridized carbons (Fsp3) is 0.545.